The van der Waals surface area contributed by atoms with Crippen LogP contribution in [0.2, 0.25) is 0 Å². The van der Waals surface area contributed by atoms with Crippen LogP contribution in [0.25, 0.3) is 0 Å². The van der Waals surface area contributed by atoms with Gasteiger partial charge in [-0.25, -0.2) is 4.39 Å². The number of aryl methyl sites for hydroxylation is 2. The van der Waals surface area contributed by atoms with Gasteiger partial charge in [-0.05, 0) is 50.1 Å². The van der Waals surface area contributed by atoms with Crippen molar-refractivity contribution in [2.45, 2.75) is 27.3 Å². The number of likely N-dealkylation sites (N-methyl/N-ethyl adjacent to an activating group) is 1. The zero-order valence-corrected chi connectivity index (χ0v) is 14.8. The predicted octanol–water partition coefficient (Wildman–Crippen LogP) is 3.22. The van der Waals surface area contributed by atoms with Gasteiger partial charge >= 0.3 is 0 Å². The lowest BCUT2D eigenvalue weighted by molar-refractivity contribution is -0.121. The Kier molecular flexibility index (Phi) is 6.28. The molecule has 0 atom stereocenters. The first kappa shape index (κ1) is 18.6. The molecule has 0 aliphatic heterocycles. The summed E-state index contributed by atoms with van der Waals surface area (Å²) in [7, 11) is 0. The Morgan fingerprint density at radius 3 is 2.36 bits per heavy atom. The highest BCUT2D eigenvalue weighted by Crippen LogP contribution is 2.13. The van der Waals surface area contributed by atoms with E-state index in [-0.39, 0.29) is 24.2 Å². The minimum absolute atomic E-state index is 0.0101. The van der Waals surface area contributed by atoms with Crippen LogP contribution in [0.15, 0.2) is 42.5 Å². The molecule has 0 unspecified atom stereocenters. The van der Waals surface area contributed by atoms with Crippen molar-refractivity contribution < 1.29 is 14.0 Å². The second-order valence-corrected chi connectivity index (χ2v) is 6.04. The van der Waals surface area contributed by atoms with Gasteiger partial charge in [-0.1, -0.05) is 29.8 Å². The van der Waals surface area contributed by atoms with Gasteiger partial charge in [0.1, 0.15) is 5.82 Å². The van der Waals surface area contributed by atoms with E-state index in [1.807, 2.05) is 32.9 Å². The lowest BCUT2D eigenvalue weighted by Gasteiger charge is -2.21. The highest BCUT2D eigenvalue weighted by Gasteiger charge is 2.18. The summed E-state index contributed by atoms with van der Waals surface area (Å²) in [6.45, 7) is 6.44. The molecule has 0 aromatic heterocycles. The number of nitrogens with zero attached hydrogens (tertiary/aromatic N) is 1. The summed E-state index contributed by atoms with van der Waals surface area (Å²) in [5.74, 6) is -0.715. The van der Waals surface area contributed by atoms with Crippen LogP contribution in [0.4, 0.5) is 4.39 Å². The van der Waals surface area contributed by atoms with E-state index in [1.54, 1.807) is 18.2 Å². The van der Waals surface area contributed by atoms with Gasteiger partial charge in [-0.3, -0.25) is 9.59 Å². The minimum atomic E-state index is -0.314. The van der Waals surface area contributed by atoms with Gasteiger partial charge in [0, 0.05) is 18.7 Å². The zero-order valence-electron chi connectivity index (χ0n) is 14.8. The normalized spacial score (nSPS) is 10.4. The Bertz CT molecular complexity index is 757. The highest BCUT2D eigenvalue weighted by atomic mass is 19.1. The molecule has 0 fully saturated rings. The number of hydrogen-bond donors (Lipinski definition) is 1. The number of rotatable bonds is 6. The van der Waals surface area contributed by atoms with E-state index in [4.69, 9.17) is 0 Å². The zero-order chi connectivity index (χ0) is 18.4. The first-order valence-corrected chi connectivity index (χ1v) is 8.28. The van der Waals surface area contributed by atoms with Gasteiger partial charge in [0.05, 0.1) is 6.54 Å². The number of amides is 2. The van der Waals surface area contributed by atoms with E-state index < -0.39 is 0 Å². The molecule has 2 rings (SSSR count). The summed E-state index contributed by atoms with van der Waals surface area (Å²) in [4.78, 5) is 26.3. The summed E-state index contributed by atoms with van der Waals surface area (Å²) in [5, 5.41) is 2.76. The molecule has 0 aliphatic carbocycles. The maximum atomic E-state index is 12.9. The van der Waals surface area contributed by atoms with Crippen molar-refractivity contribution >= 4 is 11.8 Å². The minimum Gasteiger partial charge on any atom is -0.350 e. The maximum Gasteiger partial charge on any atom is 0.254 e. The molecule has 0 saturated heterocycles. The van der Waals surface area contributed by atoms with Crippen LogP contribution in [0.3, 0.4) is 0 Å². The van der Waals surface area contributed by atoms with Gasteiger partial charge in [0.2, 0.25) is 5.91 Å². The fourth-order valence-corrected chi connectivity index (χ4v) is 2.58. The van der Waals surface area contributed by atoms with E-state index >= 15 is 0 Å². The SMILES string of the molecule is CCN(CC(=O)NCc1ccc(F)cc1)C(=O)c1ccc(C)cc1C. The van der Waals surface area contributed by atoms with Gasteiger partial charge < -0.3 is 10.2 Å². The average Bonchev–Trinajstić information content (AvgIpc) is 2.58. The fourth-order valence-electron chi connectivity index (χ4n) is 2.58. The largest absolute Gasteiger partial charge is 0.350 e. The molecule has 0 bridgehead atoms. The Balaban J connectivity index is 1.96. The van der Waals surface area contributed by atoms with Crippen molar-refractivity contribution in [3.63, 3.8) is 0 Å². The van der Waals surface area contributed by atoms with E-state index in [0.717, 1.165) is 16.7 Å². The molecule has 5 heteroatoms. The third-order valence-electron chi connectivity index (χ3n) is 4.02. The summed E-state index contributed by atoms with van der Waals surface area (Å²) in [6.07, 6.45) is 0. The summed E-state index contributed by atoms with van der Waals surface area (Å²) in [6, 6.07) is 11.6. The van der Waals surface area contributed by atoms with E-state index in [0.29, 0.717) is 18.7 Å². The molecular formula is C20H23FN2O2. The molecule has 25 heavy (non-hydrogen) atoms. The number of benzene rings is 2. The maximum absolute atomic E-state index is 12.9. The molecule has 4 nitrogen and oxygen atoms in total. The quantitative estimate of drug-likeness (QED) is 0.876. The first-order valence-electron chi connectivity index (χ1n) is 8.28. The number of carbonyl (C=O) groups is 2. The van der Waals surface area contributed by atoms with Crippen LogP contribution in [0.5, 0.6) is 0 Å². The lowest BCUT2D eigenvalue weighted by Crippen LogP contribution is -2.40. The van der Waals surface area contributed by atoms with Crippen molar-refractivity contribution in [1.82, 2.24) is 10.2 Å². The summed E-state index contributed by atoms with van der Waals surface area (Å²) >= 11 is 0. The predicted molar refractivity (Wildman–Crippen MR) is 95.7 cm³/mol. The van der Waals surface area contributed by atoms with Crippen LogP contribution < -0.4 is 5.32 Å². The van der Waals surface area contributed by atoms with Crippen molar-refractivity contribution in [2.24, 2.45) is 0 Å². The van der Waals surface area contributed by atoms with Crippen LogP contribution in [-0.4, -0.2) is 29.8 Å². The molecule has 0 saturated carbocycles. The van der Waals surface area contributed by atoms with Crippen LogP contribution in [0.1, 0.15) is 34.0 Å². The first-order chi connectivity index (χ1) is 11.9. The van der Waals surface area contributed by atoms with Gasteiger partial charge in [-0.2, -0.15) is 0 Å². The third-order valence-corrected chi connectivity index (χ3v) is 4.02. The molecular weight excluding hydrogens is 319 g/mol. The van der Waals surface area contributed by atoms with Gasteiger partial charge in [0.25, 0.3) is 5.91 Å². The van der Waals surface area contributed by atoms with Crippen molar-refractivity contribution in [2.75, 3.05) is 13.1 Å². The number of carbonyl (C=O) groups excluding carboxylic acids is 2. The number of nitrogens with one attached hydrogen (secondary N) is 1. The van der Waals surface area contributed by atoms with E-state index in [9.17, 15) is 14.0 Å². The summed E-state index contributed by atoms with van der Waals surface area (Å²) in [5.41, 5.74) is 3.40. The monoisotopic (exact) mass is 342 g/mol. The van der Waals surface area contributed by atoms with Crippen molar-refractivity contribution in [1.29, 1.82) is 0 Å². The molecule has 2 aromatic rings. The van der Waals surface area contributed by atoms with Crippen LogP contribution in [-0.2, 0) is 11.3 Å². The van der Waals surface area contributed by atoms with E-state index in [2.05, 4.69) is 5.32 Å². The van der Waals surface area contributed by atoms with Crippen LogP contribution >= 0.6 is 0 Å². The molecule has 132 valence electrons. The van der Waals surface area contributed by atoms with Gasteiger partial charge in [-0.15, -0.1) is 0 Å². The number of halogens is 1. The topological polar surface area (TPSA) is 49.4 Å². The third kappa shape index (κ3) is 5.14. The molecule has 1 N–H and O–H groups in total. The molecule has 0 spiro atoms. The molecule has 0 heterocycles. The Morgan fingerprint density at radius 1 is 1.08 bits per heavy atom. The Hall–Kier alpha value is -2.69. The molecule has 2 aromatic carbocycles. The van der Waals surface area contributed by atoms with Gasteiger partial charge in [0.15, 0.2) is 0 Å². The standard InChI is InChI=1S/C20H23FN2O2/c1-4-23(20(25)18-10-5-14(2)11-15(18)3)13-19(24)22-12-16-6-8-17(21)9-7-16/h5-11H,4,12-13H2,1-3H3,(H,22,24). The van der Waals surface area contributed by atoms with Crippen molar-refractivity contribution in [3.05, 3.63) is 70.5 Å². The molecule has 0 aliphatic rings. The Morgan fingerprint density at radius 2 is 1.76 bits per heavy atom. The summed E-state index contributed by atoms with van der Waals surface area (Å²) < 4.78 is 12.9. The number of hydrogen-bond acceptors (Lipinski definition) is 2. The second-order valence-electron chi connectivity index (χ2n) is 6.04. The highest BCUT2D eigenvalue weighted by molar-refractivity contribution is 5.97. The lowest BCUT2D eigenvalue weighted by atomic mass is 10.0. The smallest absolute Gasteiger partial charge is 0.254 e. The average molecular weight is 342 g/mol. The molecule has 0 radical (unpaired) electrons. The van der Waals surface area contributed by atoms with Crippen molar-refractivity contribution in [3.8, 4) is 0 Å². The second kappa shape index (κ2) is 8.42. The van der Waals surface area contributed by atoms with E-state index in [1.165, 1.54) is 17.0 Å². The Labute approximate surface area is 147 Å². The fraction of sp³-hybridized carbons (Fsp3) is 0.300. The van der Waals surface area contributed by atoms with Crippen LogP contribution in [0, 0.1) is 19.7 Å². The molecule has 2 amide bonds.